The molecule has 2 atom stereocenters. The summed E-state index contributed by atoms with van der Waals surface area (Å²) in [4.78, 5) is 3.42. The third-order valence-corrected chi connectivity index (χ3v) is 2.47. The third-order valence-electron chi connectivity index (χ3n) is 2.47. The van der Waals surface area contributed by atoms with Gasteiger partial charge in [0, 0.05) is 12.1 Å². The fourth-order valence-electron chi connectivity index (χ4n) is 1.37. The molecule has 0 radical (unpaired) electrons. The van der Waals surface area contributed by atoms with Crippen LogP contribution in [0.2, 0.25) is 0 Å². The van der Waals surface area contributed by atoms with Crippen LogP contribution in [0.25, 0.3) is 0 Å². The molecule has 1 saturated carbocycles. The van der Waals surface area contributed by atoms with Crippen LogP contribution < -0.4 is 11.1 Å². The SMILES string of the molecule is N#Cc1ccc(C(F)(F)F)nc1NC1CC1N. The van der Waals surface area contributed by atoms with Gasteiger partial charge in [0.1, 0.15) is 17.6 Å². The molecule has 1 heterocycles. The zero-order chi connectivity index (χ0) is 12.6. The number of halogens is 3. The van der Waals surface area contributed by atoms with Crippen molar-refractivity contribution in [2.24, 2.45) is 5.73 Å². The molecule has 0 saturated heterocycles. The molecule has 2 rings (SSSR count). The molecule has 1 fully saturated rings. The van der Waals surface area contributed by atoms with Gasteiger partial charge in [-0.05, 0) is 18.6 Å². The number of anilines is 1. The summed E-state index contributed by atoms with van der Waals surface area (Å²) in [6.45, 7) is 0. The van der Waals surface area contributed by atoms with E-state index >= 15 is 0 Å². The van der Waals surface area contributed by atoms with E-state index in [1.807, 2.05) is 0 Å². The van der Waals surface area contributed by atoms with Gasteiger partial charge in [-0.25, -0.2) is 4.98 Å². The maximum absolute atomic E-state index is 12.4. The largest absolute Gasteiger partial charge is 0.433 e. The van der Waals surface area contributed by atoms with Crippen LogP contribution >= 0.6 is 0 Å². The van der Waals surface area contributed by atoms with Crippen molar-refractivity contribution in [3.63, 3.8) is 0 Å². The molecule has 0 bridgehead atoms. The van der Waals surface area contributed by atoms with Gasteiger partial charge < -0.3 is 11.1 Å². The summed E-state index contributed by atoms with van der Waals surface area (Å²) in [7, 11) is 0. The number of hydrogen-bond donors (Lipinski definition) is 2. The minimum absolute atomic E-state index is 0.0553. The first-order chi connectivity index (χ1) is 7.91. The van der Waals surface area contributed by atoms with E-state index in [9.17, 15) is 13.2 Å². The monoisotopic (exact) mass is 242 g/mol. The molecule has 0 amide bonds. The van der Waals surface area contributed by atoms with Gasteiger partial charge in [-0.3, -0.25) is 0 Å². The van der Waals surface area contributed by atoms with E-state index in [4.69, 9.17) is 11.0 Å². The van der Waals surface area contributed by atoms with Crippen molar-refractivity contribution in [2.75, 3.05) is 5.32 Å². The Morgan fingerprint density at radius 2 is 2.12 bits per heavy atom. The van der Waals surface area contributed by atoms with E-state index in [-0.39, 0.29) is 23.5 Å². The van der Waals surface area contributed by atoms with Gasteiger partial charge >= 0.3 is 6.18 Å². The predicted octanol–water partition coefficient (Wildman–Crippen LogP) is 1.48. The molecule has 4 nitrogen and oxygen atoms in total. The Morgan fingerprint density at radius 1 is 1.47 bits per heavy atom. The minimum Gasteiger partial charge on any atom is -0.365 e. The lowest BCUT2D eigenvalue weighted by molar-refractivity contribution is -0.141. The highest BCUT2D eigenvalue weighted by molar-refractivity contribution is 5.54. The Hall–Kier alpha value is -1.81. The summed E-state index contributed by atoms with van der Waals surface area (Å²) in [5, 5.41) is 11.5. The molecular weight excluding hydrogens is 233 g/mol. The van der Waals surface area contributed by atoms with E-state index < -0.39 is 11.9 Å². The second-order valence-corrected chi connectivity index (χ2v) is 3.85. The van der Waals surface area contributed by atoms with Gasteiger partial charge in [0.05, 0.1) is 5.56 Å². The van der Waals surface area contributed by atoms with Crippen molar-refractivity contribution >= 4 is 5.82 Å². The molecule has 3 N–H and O–H groups in total. The smallest absolute Gasteiger partial charge is 0.365 e. The summed E-state index contributed by atoms with van der Waals surface area (Å²) >= 11 is 0. The Kier molecular flexibility index (Phi) is 2.67. The highest BCUT2D eigenvalue weighted by atomic mass is 19.4. The maximum atomic E-state index is 12.4. The van der Waals surface area contributed by atoms with Gasteiger partial charge in [-0.2, -0.15) is 18.4 Å². The molecule has 1 aliphatic carbocycles. The Labute approximate surface area is 95.2 Å². The number of nitriles is 1. The Balaban J connectivity index is 2.30. The van der Waals surface area contributed by atoms with E-state index in [0.717, 1.165) is 12.1 Å². The first-order valence-corrected chi connectivity index (χ1v) is 4.92. The van der Waals surface area contributed by atoms with Crippen LogP contribution in [0.1, 0.15) is 17.7 Å². The topological polar surface area (TPSA) is 74.7 Å². The Morgan fingerprint density at radius 3 is 2.59 bits per heavy atom. The van der Waals surface area contributed by atoms with Gasteiger partial charge in [0.15, 0.2) is 0 Å². The predicted molar refractivity (Wildman–Crippen MR) is 54.0 cm³/mol. The second-order valence-electron chi connectivity index (χ2n) is 3.85. The molecule has 0 spiro atoms. The summed E-state index contributed by atoms with van der Waals surface area (Å²) in [6, 6.07) is 3.50. The molecule has 17 heavy (non-hydrogen) atoms. The van der Waals surface area contributed by atoms with Crippen LogP contribution in [0.4, 0.5) is 19.0 Å². The van der Waals surface area contributed by atoms with E-state index in [0.29, 0.717) is 6.42 Å². The van der Waals surface area contributed by atoms with Gasteiger partial charge in [-0.1, -0.05) is 0 Å². The Bertz CT molecular complexity index is 477. The van der Waals surface area contributed by atoms with Crippen LogP contribution in [0, 0.1) is 11.3 Å². The van der Waals surface area contributed by atoms with E-state index in [1.54, 1.807) is 6.07 Å². The number of aromatic nitrogens is 1. The van der Waals surface area contributed by atoms with Crippen LogP contribution in [0.5, 0.6) is 0 Å². The normalized spacial score (nSPS) is 23.0. The highest BCUT2D eigenvalue weighted by Gasteiger charge is 2.36. The first-order valence-electron chi connectivity index (χ1n) is 4.92. The zero-order valence-corrected chi connectivity index (χ0v) is 8.62. The highest BCUT2D eigenvalue weighted by Crippen LogP contribution is 2.31. The number of hydrogen-bond acceptors (Lipinski definition) is 4. The van der Waals surface area contributed by atoms with Crippen LogP contribution in [-0.2, 0) is 6.18 Å². The van der Waals surface area contributed by atoms with Crippen molar-refractivity contribution < 1.29 is 13.2 Å². The quantitative estimate of drug-likeness (QED) is 0.823. The molecule has 0 aliphatic heterocycles. The van der Waals surface area contributed by atoms with Gasteiger partial charge in [-0.15, -0.1) is 0 Å². The van der Waals surface area contributed by atoms with E-state index in [2.05, 4.69) is 10.3 Å². The lowest BCUT2D eigenvalue weighted by Gasteiger charge is -2.10. The number of nitrogens with two attached hydrogens (primary N) is 1. The molecule has 1 aromatic heterocycles. The standard InChI is InChI=1S/C10H9F3N4/c11-10(12,13)8-2-1-5(4-14)9(17-8)16-7-3-6(7)15/h1-2,6-7H,3,15H2,(H,16,17). The van der Waals surface area contributed by atoms with Gasteiger partial charge in [0.2, 0.25) is 0 Å². The third kappa shape index (κ3) is 2.47. The second kappa shape index (κ2) is 3.89. The number of alkyl halides is 3. The molecule has 1 aromatic rings. The average molecular weight is 242 g/mol. The van der Waals surface area contributed by atoms with Crippen molar-refractivity contribution in [1.82, 2.24) is 4.98 Å². The number of rotatable bonds is 2. The van der Waals surface area contributed by atoms with Crippen LogP contribution in [0.3, 0.4) is 0 Å². The fraction of sp³-hybridized carbons (Fsp3) is 0.400. The molecular formula is C10H9F3N4. The molecule has 2 unspecified atom stereocenters. The molecule has 7 heteroatoms. The average Bonchev–Trinajstić information content (AvgIpc) is 2.93. The van der Waals surface area contributed by atoms with Crippen LogP contribution in [0.15, 0.2) is 12.1 Å². The van der Waals surface area contributed by atoms with E-state index in [1.165, 1.54) is 0 Å². The summed E-state index contributed by atoms with van der Waals surface area (Å²) in [6.07, 6.45) is -3.85. The zero-order valence-electron chi connectivity index (χ0n) is 8.62. The van der Waals surface area contributed by atoms with Gasteiger partial charge in [0.25, 0.3) is 0 Å². The first kappa shape index (κ1) is 11.7. The molecule has 0 aromatic carbocycles. The van der Waals surface area contributed by atoms with Crippen molar-refractivity contribution in [2.45, 2.75) is 24.7 Å². The lowest BCUT2D eigenvalue weighted by Crippen LogP contribution is -2.17. The lowest BCUT2D eigenvalue weighted by atomic mass is 10.2. The number of nitrogens with zero attached hydrogens (tertiary/aromatic N) is 2. The summed E-state index contributed by atoms with van der Waals surface area (Å²) in [5.41, 5.74) is 4.59. The van der Waals surface area contributed by atoms with Crippen molar-refractivity contribution in [1.29, 1.82) is 5.26 Å². The fourth-order valence-corrected chi connectivity index (χ4v) is 1.37. The summed E-state index contributed by atoms with van der Waals surface area (Å²) < 4.78 is 37.3. The van der Waals surface area contributed by atoms with Crippen LogP contribution in [-0.4, -0.2) is 17.1 Å². The van der Waals surface area contributed by atoms with Crippen molar-refractivity contribution in [3.8, 4) is 6.07 Å². The minimum atomic E-state index is -4.52. The summed E-state index contributed by atoms with van der Waals surface area (Å²) in [5.74, 6) is -0.0553. The molecule has 1 aliphatic rings. The maximum Gasteiger partial charge on any atom is 0.433 e. The number of pyridine rings is 1. The molecule has 90 valence electrons. The number of nitrogens with one attached hydrogen (secondary N) is 1. The van der Waals surface area contributed by atoms with Crippen molar-refractivity contribution in [3.05, 3.63) is 23.4 Å².